The Labute approximate surface area is 113 Å². The van der Waals surface area contributed by atoms with E-state index in [-0.39, 0.29) is 0 Å². The van der Waals surface area contributed by atoms with E-state index in [1.54, 1.807) is 0 Å². The molecule has 0 aromatic heterocycles. The summed E-state index contributed by atoms with van der Waals surface area (Å²) in [6, 6.07) is 9.31. The maximum Gasteiger partial charge on any atom is 0.0195 e. The molecular formula is C14H21BrN2. The summed E-state index contributed by atoms with van der Waals surface area (Å²) in [5.74, 6) is 0. The van der Waals surface area contributed by atoms with E-state index in [2.05, 4.69) is 57.5 Å². The highest BCUT2D eigenvalue weighted by Crippen LogP contribution is 2.12. The highest BCUT2D eigenvalue weighted by molar-refractivity contribution is 9.10. The van der Waals surface area contributed by atoms with Gasteiger partial charge in [-0.05, 0) is 50.6 Å². The van der Waals surface area contributed by atoms with Crippen LogP contribution in [0.25, 0.3) is 0 Å². The fourth-order valence-electron chi connectivity index (χ4n) is 2.39. The van der Waals surface area contributed by atoms with Gasteiger partial charge < -0.3 is 10.2 Å². The van der Waals surface area contributed by atoms with Crippen LogP contribution in [0.4, 0.5) is 0 Å². The minimum atomic E-state index is 0.711. The predicted octanol–water partition coefficient (Wildman–Crippen LogP) is 2.68. The fraction of sp³-hybridized carbons (Fsp3) is 0.571. The topological polar surface area (TPSA) is 15.3 Å². The van der Waals surface area contributed by atoms with Crippen molar-refractivity contribution in [2.45, 2.75) is 25.3 Å². The number of likely N-dealkylation sites (N-methyl/N-ethyl adjacent to an activating group) is 1. The minimum absolute atomic E-state index is 0.711. The zero-order chi connectivity index (χ0) is 12.1. The zero-order valence-electron chi connectivity index (χ0n) is 10.5. The van der Waals surface area contributed by atoms with Gasteiger partial charge in [-0.15, -0.1) is 0 Å². The molecule has 0 amide bonds. The maximum atomic E-state index is 3.55. The number of rotatable bonds is 5. The van der Waals surface area contributed by atoms with Gasteiger partial charge in [-0.1, -0.05) is 28.1 Å². The summed E-state index contributed by atoms with van der Waals surface area (Å²) >= 11 is 3.52. The molecule has 0 saturated carbocycles. The lowest BCUT2D eigenvalue weighted by molar-refractivity contribution is 0.303. The van der Waals surface area contributed by atoms with Gasteiger partial charge in [0, 0.05) is 23.6 Å². The third-order valence-corrected chi connectivity index (χ3v) is 3.86. The van der Waals surface area contributed by atoms with Crippen LogP contribution < -0.4 is 5.32 Å². The summed E-state index contributed by atoms with van der Waals surface area (Å²) < 4.78 is 1.18. The van der Waals surface area contributed by atoms with Crippen molar-refractivity contribution >= 4 is 15.9 Å². The van der Waals surface area contributed by atoms with Crippen molar-refractivity contribution in [1.82, 2.24) is 10.2 Å². The normalized spacial score (nSPS) is 20.1. The molecule has 0 spiro atoms. The van der Waals surface area contributed by atoms with Gasteiger partial charge >= 0.3 is 0 Å². The summed E-state index contributed by atoms with van der Waals surface area (Å²) in [5, 5.41) is 3.55. The number of nitrogens with one attached hydrogen (secondary N) is 1. The van der Waals surface area contributed by atoms with Crippen molar-refractivity contribution in [3.8, 4) is 0 Å². The molecule has 1 aliphatic heterocycles. The minimum Gasteiger partial charge on any atom is -0.313 e. The summed E-state index contributed by atoms with van der Waals surface area (Å²) in [4.78, 5) is 2.43. The molecule has 1 unspecified atom stereocenters. The average molecular weight is 297 g/mol. The van der Waals surface area contributed by atoms with Gasteiger partial charge in [0.2, 0.25) is 0 Å². The number of nitrogens with zero attached hydrogens (tertiary/aromatic N) is 1. The van der Waals surface area contributed by atoms with Crippen LogP contribution in [-0.2, 0) is 6.42 Å². The predicted molar refractivity (Wildman–Crippen MR) is 76.4 cm³/mol. The van der Waals surface area contributed by atoms with Gasteiger partial charge in [0.15, 0.2) is 0 Å². The van der Waals surface area contributed by atoms with E-state index in [0.29, 0.717) is 6.04 Å². The molecule has 1 fully saturated rings. The van der Waals surface area contributed by atoms with Crippen LogP contribution in [0, 0.1) is 0 Å². The van der Waals surface area contributed by atoms with Gasteiger partial charge in [-0.2, -0.15) is 0 Å². The van der Waals surface area contributed by atoms with Crippen LogP contribution in [-0.4, -0.2) is 37.6 Å². The van der Waals surface area contributed by atoms with E-state index in [0.717, 1.165) is 13.0 Å². The second-order valence-corrected chi connectivity index (χ2v) is 5.85. The van der Waals surface area contributed by atoms with Crippen LogP contribution in [0.3, 0.4) is 0 Å². The zero-order valence-corrected chi connectivity index (χ0v) is 12.0. The lowest BCUT2D eigenvalue weighted by atomic mass is 10.1. The summed E-state index contributed by atoms with van der Waals surface area (Å²) in [7, 11) is 2.22. The van der Waals surface area contributed by atoms with Crippen LogP contribution >= 0.6 is 15.9 Å². The molecule has 1 atom stereocenters. The van der Waals surface area contributed by atoms with Crippen molar-refractivity contribution in [2.75, 3.05) is 26.7 Å². The molecule has 1 N–H and O–H groups in total. The molecule has 1 aliphatic rings. The third-order valence-electron chi connectivity index (χ3n) is 3.37. The van der Waals surface area contributed by atoms with E-state index in [4.69, 9.17) is 0 Å². The van der Waals surface area contributed by atoms with Crippen LogP contribution in [0.2, 0.25) is 0 Å². The summed E-state index contributed by atoms with van der Waals surface area (Å²) in [6.07, 6.45) is 3.80. The number of halogens is 1. The van der Waals surface area contributed by atoms with Gasteiger partial charge in [0.05, 0.1) is 0 Å². The first-order valence-corrected chi connectivity index (χ1v) is 7.20. The molecule has 1 heterocycles. The Bertz CT molecular complexity index is 348. The van der Waals surface area contributed by atoms with E-state index < -0.39 is 0 Å². The Balaban J connectivity index is 1.73. The van der Waals surface area contributed by atoms with E-state index >= 15 is 0 Å². The van der Waals surface area contributed by atoms with Crippen molar-refractivity contribution in [2.24, 2.45) is 0 Å². The Morgan fingerprint density at radius 1 is 1.47 bits per heavy atom. The molecule has 1 aromatic rings. The third kappa shape index (κ3) is 4.41. The van der Waals surface area contributed by atoms with Crippen LogP contribution in [0.1, 0.15) is 18.4 Å². The average Bonchev–Trinajstić information content (AvgIpc) is 2.79. The monoisotopic (exact) mass is 296 g/mol. The first-order valence-electron chi connectivity index (χ1n) is 6.40. The van der Waals surface area contributed by atoms with Crippen molar-refractivity contribution in [3.63, 3.8) is 0 Å². The molecule has 2 nitrogen and oxygen atoms in total. The molecule has 17 heavy (non-hydrogen) atoms. The molecule has 0 bridgehead atoms. The van der Waals surface area contributed by atoms with E-state index in [1.165, 1.54) is 36.0 Å². The Morgan fingerprint density at radius 3 is 3.06 bits per heavy atom. The second-order valence-electron chi connectivity index (χ2n) is 4.94. The van der Waals surface area contributed by atoms with Crippen LogP contribution in [0.5, 0.6) is 0 Å². The van der Waals surface area contributed by atoms with E-state index in [9.17, 15) is 0 Å². The van der Waals surface area contributed by atoms with E-state index in [1.807, 2.05) is 0 Å². The van der Waals surface area contributed by atoms with Gasteiger partial charge in [-0.3, -0.25) is 0 Å². The second kappa shape index (κ2) is 6.53. The highest BCUT2D eigenvalue weighted by atomic mass is 79.9. The first kappa shape index (κ1) is 13.1. The van der Waals surface area contributed by atoms with Gasteiger partial charge in [0.1, 0.15) is 0 Å². The quantitative estimate of drug-likeness (QED) is 0.899. The molecule has 94 valence electrons. The SMILES string of the molecule is CN(CCc1cccc(Br)c1)CC1CCCN1. The lowest BCUT2D eigenvalue weighted by Crippen LogP contribution is -2.36. The molecule has 2 rings (SSSR count). The highest BCUT2D eigenvalue weighted by Gasteiger charge is 2.15. The molecule has 1 aromatic carbocycles. The smallest absolute Gasteiger partial charge is 0.0195 e. The lowest BCUT2D eigenvalue weighted by Gasteiger charge is -2.21. The summed E-state index contributed by atoms with van der Waals surface area (Å²) in [5.41, 5.74) is 1.41. The van der Waals surface area contributed by atoms with Crippen molar-refractivity contribution in [3.05, 3.63) is 34.3 Å². The maximum absolute atomic E-state index is 3.55. The summed E-state index contributed by atoms with van der Waals surface area (Å²) in [6.45, 7) is 3.51. The van der Waals surface area contributed by atoms with Crippen molar-refractivity contribution in [1.29, 1.82) is 0 Å². The fourth-order valence-corrected chi connectivity index (χ4v) is 2.84. The molecule has 3 heteroatoms. The number of benzene rings is 1. The first-order chi connectivity index (χ1) is 8.24. The standard InChI is InChI=1S/C14H21BrN2/c1-17(11-14-6-3-8-16-14)9-7-12-4-2-5-13(15)10-12/h2,4-5,10,14,16H,3,6-9,11H2,1H3. The molecule has 0 radical (unpaired) electrons. The van der Waals surface area contributed by atoms with Gasteiger partial charge in [-0.25, -0.2) is 0 Å². The largest absolute Gasteiger partial charge is 0.313 e. The van der Waals surface area contributed by atoms with Crippen LogP contribution in [0.15, 0.2) is 28.7 Å². The molecule has 1 saturated heterocycles. The molecular weight excluding hydrogens is 276 g/mol. The van der Waals surface area contributed by atoms with Gasteiger partial charge in [0.25, 0.3) is 0 Å². The number of hydrogen-bond donors (Lipinski definition) is 1. The van der Waals surface area contributed by atoms with Crippen molar-refractivity contribution < 1.29 is 0 Å². The molecule has 0 aliphatic carbocycles. The Kier molecular flexibility index (Phi) is 5.01. The Morgan fingerprint density at radius 2 is 2.35 bits per heavy atom. The number of hydrogen-bond acceptors (Lipinski definition) is 2. The Hall–Kier alpha value is -0.380.